The lowest BCUT2D eigenvalue weighted by Gasteiger charge is -2.19. The molecule has 0 fully saturated rings. The van der Waals surface area contributed by atoms with E-state index < -0.39 is 0 Å². The Kier molecular flexibility index (Phi) is 4.96. The summed E-state index contributed by atoms with van der Waals surface area (Å²) in [5, 5.41) is 6.43. The summed E-state index contributed by atoms with van der Waals surface area (Å²) in [6.07, 6.45) is 1.80. The molecule has 5 heteroatoms. The predicted octanol–water partition coefficient (Wildman–Crippen LogP) is 2.01. The van der Waals surface area contributed by atoms with Crippen LogP contribution in [0.1, 0.15) is 33.4 Å². The van der Waals surface area contributed by atoms with E-state index in [0.717, 1.165) is 5.69 Å². The van der Waals surface area contributed by atoms with E-state index in [9.17, 15) is 0 Å². The van der Waals surface area contributed by atoms with Gasteiger partial charge in [0.05, 0.1) is 11.8 Å². The summed E-state index contributed by atoms with van der Waals surface area (Å²) in [6.45, 7) is 9.72. The van der Waals surface area contributed by atoms with Gasteiger partial charge in [-0.1, -0.05) is 0 Å². The molecule has 0 amide bonds. The molecular formula is C12H23N3O2. The lowest BCUT2D eigenvalue weighted by Crippen LogP contribution is -2.35. The van der Waals surface area contributed by atoms with Crippen molar-refractivity contribution >= 4 is 6.01 Å². The molecule has 0 aliphatic rings. The molecule has 1 atom stereocenters. The Balaban J connectivity index is 2.37. The van der Waals surface area contributed by atoms with Crippen molar-refractivity contribution in [1.82, 2.24) is 10.3 Å². The molecule has 0 aromatic carbocycles. The molecule has 0 bridgehead atoms. The van der Waals surface area contributed by atoms with Gasteiger partial charge in [0.15, 0.2) is 0 Å². The molecule has 1 aromatic heterocycles. The first-order valence-corrected chi connectivity index (χ1v) is 5.87. The minimum atomic E-state index is 0.0805. The van der Waals surface area contributed by atoms with Gasteiger partial charge in [-0.3, -0.25) is 0 Å². The van der Waals surface area contributed by atoms with Crippen LogP contribution in [-0.2, 0) is 11.3 Å². The van der Waals surface area contributed by atoms with Crippen molar-refractivity contribution in [2.75, 3.05) is 19.0 Å². The molecule has 0 aliphatic heterocycles. The van der Waals surface area contributed by atoms with Gasteiger partial charge in [0.1, 0.15) is 6.26 Å². The molecule has 5 nitrogen and oxygen atoms in total. The normalized spacial score (nSPS) is 13.7. The van der Waals surface area contributed by atoms with Crippen molar-refractivity contribution in [1.29, 1.82) is 0 Å². The summed E-state index contributed by atoms with van der Waals surface area (Å²) < 4.78 is 10.4. The number of hydrogen-bond acceptors (Lipinski definition) is 5. The Hall–Kier alpha value is -1.07. The molecule has 0 spiro atoms. The van der Waals surface area contributed by atoms with Gasteiger partial charge in [-0.15, -0.1) is 0 Å². The molecule has 1 heterocycles. The molecule has 1 rings (SSSR count). The van der Waals surface area contributed by atoms with Gasteiger partial charge >= 0.3 is 0 Å². The van der Waals surface area contributed by atoms with Crippen molar-refractivity contribution < 1.29 is 9.15 Å². The van der Waals surface area contributed by atoms with E-state index in [1.807, 2.05) is 6.92 Å². The lowest BCUT2D eigenvalue weighted by molar-refractivity contribution is 0.128. The van der Waals surface area contributed by atoms with Crippen LogP contribution in [0.25, 0.3) is 0 Å². The van der Waals surface area contributed by atoms with Gasteiger partial charge in [0, 0.05) is 25.7 Å². The summed E-state index contributed by atoms with van der Waals surface area (Å²) in [6, 6.07) is 0.541. The number of nitrogens with one attached hydrogen (secondary N) is 2. The fraction of sp³-hybridized carbons (Fsp3) is 0.750. The molecule has 0 saturated heterocycles. The summed E-state index contributed by atoms with van der Waals surface area (Å²) in [5.74, 6) is 0. The van der Waals surface area contributed by atoms with Crippen LogP contribution in [0.3, 0.4) is 0 Å². The summed E-state index contributed by atoms with van der Waals surface area (Å²) >= 11 is 0. The van der Waals surface area contributed by atoms with E-state index in [1.165, 1.54) is 0 Å². The molecule has 98 valence electrons. The summed E-state index contributed by atoms with van der Waals surface area (Å²) in [7, 11) is 1.68. The second kappa shape index (κ2) is 6.02. The van der Waals surface area contributed by atoms with E-state index in [1.54, 1.807) is 13.4 Å². The number of rotatable bonds is 6. The first-order chi connectivity index (χ1) is 7.90. The Labute approximate surface area is 103 Å². The number of anilines is 1. The molecule has 0 aliphatic carbocycles. The Morgan fingerprint density at radius 3 is 2.76 bits per heavy atom. The van der Waals surface area contributed by atoms with Gasteiger partial charge in [0.25, 0.3) is 6.01 Å². The third-order valence-corrected chi connectivity index (χ3v) is 2.29. The van der Waals surface area contributed by atoms with Crippen molar-refractivity contribution in [3.63, 3.8) is 0 Å². The summed E-state index contributed by atoms with van der Waals surface area (Å²) in [4.78, 5) is 4.32. The molecule has 1 aromatic rings. The number of hydrogen-bond donors (Lipinski definition) is 2. The Morgan fingerprint density at radius 2 is 2.18 bits per heavy atom. The average molecular weight is 241 g/mol. The second-order valence-corrected chi connectivity index (χ2v) is 5.17. The predicted molar refractivity (Wildman–Crippen MR) is 68.1 cm³/mol. The molecule has 0 saturated carbocycles. The van der Waals surface area contributed by atoms with Crippen molar-refractivity contribution in [2.45, 2.75) is 45.9 Å². The minimum Gasteiger partial charge on any atom is -0.432 e. The number of aromatic nitrogens is 1. The van der Waals surface area contributed by atoms with Crippen LogP contribution in [0.2, 0.25) is 0 Å². The first-order valence-electron chi connectivity index (χ1n) is 5.87. The zero-order valence-electron chi connectivity index (χ0n) is 11.3. The van der Waals surface area contributed by atoms with E-state index in [2.05, 4.69) is 36.4 Å². The van der Waals surface area contributed by atoms with Gasteiger partial charge < -0.3 is 19.8 Å². The monoisotopic (exact) mass is 241 g/mol. The van der Waals surface area contributed by atoms with E-state index >= 15 is 0 Å². The van der Waals surface area contributed by atoms with Gasteiger partial charge in [0.2, 0.25) is 0 Å². The molecule has 1 unspecified atom stereocenters. The average Bonchev–Trinajstić information content (AvgIpc) is 2.70. The smallest absolute Gasteiger partial charge is 0.294 e. The van der Waals surface area contributed by atoms with E-state index in [4.69, 9.17) is 9.15 Å². The number of nitrogens with zero attached hydrogens (tertiary/aromatic N) is 1. The highest BCUT2D eigenvalue weighted by molar-refractivity contribution is 5.21. The van der Waals surface area contributed by atoms with Gasteiger partial charge in [-0.05, 0) is 27.7 Å². The number of methoxy groups -OCH3 is 1. The van der Waals surface area contributed by atoms with Crippen molar-refractivity contribution in [3.05, 3.63) is 12.0 Å². The number of ether oxygens (including phenoxy) is 1. The number of oxazole rings is 1. The molecule has 0 radical (unpaired) electrons. The van der Waals surface area contributed by atoms with Crippen LogP contribution >= 0.6 is 0 Å². The molecule has 2 N–H and O–H groups in total. The third kappa shape index (κ3) is 5.70. The summed E-state index contributed by atoms with van der Waals surface area (Å²) in [5.41, 5.74) is 0.976. The molecular weight excluding hydrogens is 218 g/mol. The lowest BCUT2D eigenvalue weighted by atomic mass is 10.1. The third-order valence-electron chi connectivity index (χ3n) is 2.29. The second-order valence-electron chi connectivity index (χ2n) is 5.17. The van der Waals surface area contributed by atoms with Crippen LogP contribution in [-0.4, -0.2) is 30.3 Å². The topological polar surface area (TPSA) is 59.3 Å². The van der Waals surface area contributed by atoms with Crippen LogP contribution in [0, 0.1) is 0 Å². The maximum Gasteiger partial charge on any atom is 0.294 e. The van der Waals surface area contributed by atoms with Crippen LogP contribution in [0.4, 0.5) is 6.01 Å². The maximum absolute atomic E-state index is 5.31. The Morgan fingerprint density at radius 1 is 1.47 bits per heavy atom. The minimum absolute atomic E-state index is 0.0805. The fourth-order valence-corrected chi connectivity index (χ4v) is 1.14. The maximum atomic E-state index is 5.31. The van der Waals surface area contributed by atoms with Gasteiger partial charge in [-0.25, -0.2) is 0 Å². The zero-order chi connectivity index (χ0) is 12.9. The van der Waals surface area contributed by atoms with Crippen LogP contribution in [0.15, 0.2) is 10.7 Å². The highest BCUT2D eigenvalue weighted by Crippen LogP contribution is 2.09. The standard InChI is InChI=1S/C12H23N3O2/c1-9(16-5)6-13-11-15-10(8-17-11)7-14-12(2,3)4/h8-9,14H,6-7H2,1-5H3,(H,13,15). The highest BCUT2D eigenvalue weighted by Gasteiger charge is 2.11. The zero-order valence-corrected chi connectivity index (χ0v) is 11.3. The van der Waals surface area contributed by atoms with E-state index in [-0.39, 0.29) is 11.6 Å². The highest BCUT2D eigenvalue weighted by atomic mass is 16.5. The van der Waals surface area contributed by atoms with Crippen molar-refractivity contribution in [2.24, 2.45) is 0 Å². The van der Waals surface area contributed by atoms with Crippen LogP contribution in [0.5, 0.6) is 0 Å². The van der Waals surface area contributed by atoms with Crippen LogP contribution < -0.4 is 10.6 Å². The molecule has 17 heavy (non-hydrogen) atoms. The van der Waals surface area contributed by atoms with Gasteiger partial charge in [-0.2, -0.15) is 4.98 Å². The first kappa shape index (κ1) is 14.0. The largest absolute Gasteiger partial charge is 0.432 e. The fourth-order valence-electron chi connectivity index (χ4n) is 1.14. The van der Waals surface area contributed by atoms with E-state index in [0.29, 0.717) is 19.1 Å². The van der Waals surface area contributed by atoms with Crippen molar-refractivity contribution in [3.8, 4) is 0 Å². The SMILES string of the molecule is COC(C)CNc1nc(CNC(C)(C)C)co1. The quantitative estimate of drug-likeness (QED) is 0.798. The Bertz CT molecular complexity index is 331.